The van der Waals surface area contributed by atoms with E-state index in [4.69, 9.17) is 14.2 Å². The van der Waals surface area contributed by atoms with E-state index in [9.17, 15) is 13.2 Å². The van der Waals surface area contributed by atoms with Gasteiger partial charge in [-0.2, -0.15) is 0 Å². The summed E-state index contributed by atoms with van der Waals surface area (Å²) in [5, 5.41) is 2.89. The number of methoxy groups -OCH3 is 1. The normalized spacial score (nSPS) is 14.2. The molecule has 9 heteroatoms. The van der Waals surface area contributed by atoms with Crippen LogP contribution in [-0.4, -0.2) is 38.4 Å². The zero-order chi connectivity index (χ0) is 23.8. The smallest absolute Gasteiger partial charge is 0.493 e. The molecule has 2 atom stereocenters. The first-order chi connectivity index (χ1) is 15.0. The molecule has 0 saturated heterocycles. The Labute approximate surface area is 184 Å². The molecule has 2 aromatic rings. The van der Waals surface area contributed by atoms with Crippen molar-refractivity contribution in [2.24, 2.45) is 0 Å². The highest BCUT2D eigenvalue weighted by Gasteiger charge is 2.36. The van der Waals surface area contributed by atoms with Crippen LogP contribution in [0.25, 0.3) is 0 Å². The summed E-state index contributed by atoms with van der Waals surface area (Å²) in [6, 6.07) is 12.5. The van der Waals surface area contributed by atoms with E-state index >= 15 is 4.39 Å². The van der Waals surface area contributed by atoms with Crippen molar-refractivity contribution in [2.75, 3.05) is 25.6 Å². The number of rotatable bonds is 12. The first-order valence-corrected chi connectivity index (χ1v) is 9.86. The highest BCUT2D eigenvalue weighted by Crippen LogP contribution is 2.35. The lowest BCUT2D eigenvalue weighted by molar-refractivity contribution is -0.275. The highest BCUT2D eigenvalue weighted by molar-refractivity contribution is 5.55. The zero-order valence-electron chi connectivity index (χ0n) is 18.2. The number of halogens is 4. The van der Waals surface area contributed by atoms with E-state index in [-0.39, 0.29) is 24.7 Å². The van der Waals surface area contributed by atoms with E-state index in [1.165, 1.54) is 26.2 Å². The quantitative estimate of drug-likeness (QED) is 0.245. The van der Waals surface area contributed by atoms with Crippen molar-refractivity contribution < 1.29 is 36.5 Å². The maximum Gasteiger partial charge on any atom is 0.573 e. The van der Waals surface area contributed by atoms with Gasteiger partial charge in [-0.1, -0.05) is 36.9 Å². The molecule has 0 heterocycles. The predicted molar refractivity (Wildman–Crippen MR) is 113 cm³/mol. The fourth-order valence-corrected chi connectivity index (χ4v) is 2.72. The van der Waals surface area contributed by atoms with Crippen molar-refractivity contribution >= 4 is 5.69 Å². The van der Waals surface area contributed by atoms with Crippen LogP contribution >= 0.6 is 0 Å². The first kappa shape index (κ1) is 25.3. The number of hydrogen-bond donors (Lipinski definition) is 1. The second-order valence-electron chi connectivity index (χ2n) is 7.16. The van der Waals surface area contributed by atoms with Gasteiger partial charge in [0.15, 0.2) is 17.2 Å². The summed E-state index contributed by atoms with van der Waals surface area (Å²) < 4.78 is 72.5. The van der Waals surface area contributed by atoms with Crippen molar-refractivity contribution in [3.8, 4) is 11.5 Å². The molecular formula is C23H27F4NO4. The molecule has 0 aliphatic carbocycles. The molecule has 2 rings (SSSR count). The van der Waals surface area contributed by atoms with Crippen molar-refractivity contribution in [1.82, 2.24) is 0 Å². The SMILES string of the molecule is C=C(OCCOCc1ccccc1)C(C)(F)[C@H](C)Nc1ccc(OC(F)(F)F)c(OC)c1. The van der Waals surface area contributed by atoms with Gasteiger partial charge >= 0.3 is 6.36 Å². The van der Waals surface area contributed by atoms with Gasteiger partial charge in [-0.25, -0.2) is 4.39 Å². The van der Waals surface area contributed by atoms with Gasteiger partial charge in [0.1, 0.15) is 12.4 Å². The Morgan fingerprint density at radius 1 is 1.03 bits per heavy atom. The summed E-state index contributed by atoms with van der Waals surface area (Å²) >= 11 is 0. The molecule has 176 valence electrons. The molecule has 0 aromatic heterocycles. The van der Waals surface area contributed by atoms with Gasteiger partial charge in [-0.05, 0) is 31.5 Å². The summed E-state index contributed by atoms with van der Waals surface area (Å²) in [5.74, 6) is -0.736. The molecule has 1 N–H and O–H groups in total. The number of nitrogens with one attached hydrogen (secondary N) is 1. The van der Waals surface area contributed by atoms with Crippen LogP contribution < -0.4 is 14.8 Å². The average molecular weight is 457 g/mol. The fraction of sp³-hybridized carbons (Fsp3) is 0.391. The number of benzene rings is 2. The van der Waals surface area contributed by atoms with Crippen molar-refractivity contribution in [2.45, 2.75) is 38.5 Å². The third-order valence-corrected chi connectivity index (χ3v) is 4.75. The van der Waals surface area contributed by atoms with Crippen LogP contribution in [0.3, 0.4) is 0 Å². The Kier molecular flexibility index (Phi) is 8.77. The van der Waals surface area contributed by atoms with Crippen LogP contribution in [0.15, 0.2) is 60.9 Å². The summed E-state index contributed by atoms with van der Waals surface area (Å²) in [7, 11) is 1.21. The lowest BCUT2D eigenvalue weighted by Gasteiger charge is -2.31. The lowest BCUT2D eigenvalue weighted by Crippen LogP contribution is -2.41. The Bertz CT molecular complexity index is 872. The van der Waals surface area contributed by atoms with E-state index in [2.05, 4.69) is 16.6 Å². The van der Waals surface area contributed by atoms with Gasteiger partial charge in [0.2, 0.25) is 0 Å². The molecule has 0 aliphatic rings. The van der Waals surface area contributed by atoms with E-state index in [1.807, 2.05) is 30.3 Å². The fourth-order valence-electron chi connectivity index (χ4n) is 2.72. The summed E-state index contributed by atoms with van der Waals surface area (Å²) in [6.07, 6.45) is -4.85. The third-order valence-electron chi connectivity index (χ3n) is 4.75. The monoisotopic (exact) mass is 457 g/mol. The van der Waals surface area contributed by atoms with E-state index in [0.717, 1.165) is 11.6 Å². The maximum atomic E-state index is 15.3. The van der Waals surface area contributed by atoms with Crippen molar-refractivity contribution in [3.63, 3.8) is 0 Å². The zero-order valence-corrected chi connectivity index (χ0v) is 18.2. The molecule has 0 spiro atoms. The van der Waals surface area contributed by atoms with Gasteiger partial charge in [-0.15, -0.1) is 13.2 Å². The molecule has 0 fully saturated rings. The van der Waals surface area contributed by atoms with Gasteiger partial charge in [-0.3, -0.25) is 0 Å². The molecule has 1 unspecified atom stereocenters. The lowest BCUT2D eigenvalue weighted by atomic mass is 9.97. The van der Waals surface area contributed by atoms with Crippen molar-refractivity contribution in [1.29, 1.82) is 0 Å². The molecule has 0 saturated carbocycles. The molecule has 0 amide bonds. The minimum absolute atomic E-state index is 0.0928. The van der Waals surface area contributed by atoms with Crippen LogP contribution in [0.4, 0.5) is 23.2 Å². The molecule has 0 aliphatic heterocycles. The third kappa shape index (κ3) is 7.64. The van der Waals surface area contributed by atoms with Gasteiger partial charge in [0, 0.05) is 11.8 Å². The van der Waals surface area contributed by atoms with Gasteiger partial charge in [0.05, 0.1) is 26.4 Å². The van der Waals surface area contributed by atoms with Crippen LogP contribution in [0.1, 0.15) is 19.4 Å². The van der Waals surface area contributed by atoms with Crippen LogP contribution in [-0.2, 0) is 16.1 Å². The van der Waals surface area contributed by atoms with Crippen LogP contribution in [0.2, 0.25) is 0 Å². The summed E-state index contributed by atoms with van der Waals surface area (Å²) in [6.45, 7) is 7.32. The maximum absolute atomic E-state index is 15.3. The largest absolute Gasteiger partial charge is 0.573 e. The topological polar surface area (TPSA) is 49.0 Å². The van der Waals surface area contributed by atoms with Crippen LogP contribution in [0.5, 0.6) is 11.5 Å². The Morgan fingerprint density at radius 2 is 1.72 bits per heavy atom. The second kappa shape index (κ2) is 11.1. The van der Waals surface area contributed by atoms with E-state index in [1.54, 1.807) is 6.92 Å². The van der Waals surface area contributed by atoms with Crippen molar-refractivity contribution in [3.05, 3.63) is 66.4 Å². The molecule has 2 aromatic carbocycles. The first-order valence-electron chi connectivity index (χ1n) is 9.86. The average Bonchev–Trinajstić information content (AvgIpc) is 2.74. The summed E-state index contributed by atoms with van der Waals surface area (Å²) in [5.41, 5.74) is -0.623. The molecule has 32 heavy (non-hydrogen) atoms. The summed E-state index contributed by atoms with van der Waals surface area (Å²) in [4.78, 5) is 0. The second-order valence-corrected chi connectivity index (χ2v) is 7.16. The minimum Gasteiger partial charge on any atom is -0.493 e. The van der Waals surface area contributed by atoms with E-state index in [0.29, 0.717) is 12.3 Å². The molecular weight excluding hydrogens is 430 g/mol. The predicted octanol–water partition coefficient (Wildman–Crippen LogP) is 5.87. The number of alkyl halides is 4. The molecule has 0 radical (unpaired) electrons. The minimum atomic E-state index is -4.85. The standard InChI is InChI=1S/C23H27F4NO4/c1-16(28-19-10-11-20(21(14-19)29-4)32-23(25,26)27)22(3,24)17(2)31-13-12-30-15-18-8-6-5-7-9-18/h5-11,14,16,28H,2,12-13,15H2,1,3-4H3/t16-,22?/m0/s1. The number of hydrogen-bond acceptors (Lipinski definition) is 5. The number of ether oxygens (including phenoxy) is 4. The Hall–Kier alpha value is -2.94. The Balaban J connectivity index is 1.87. The molecule has 0 bridgehead atoms. The van der Waals surface area contributed by atoms with Gasteiger partial charge in [0.25, 0.3) is 0 Å². The molecule has 5 nitrogen and oxygen atoms in total. The van der Waals surface area contributed by atoms with E-state index < -0.39 is 23.8 Å². The Morgan fingerprint density at radius 3 is 2.34 bits per heavy atom. The van der Waals surface area contributed by atoms with Crippen LogP contribution in [0, 0.1) is 0 Å². The highest BCUT2D eigenvalue weighted by atomic mass is 19.4. The number of anilines is 1. The van der Waals surface area contributed by atoms with Gasteiger partial charge < -0.3 is 24.3 Å².